The van der Waals surface area contributed by atoms with E-state index in [1.165, 1.54) is 9.79 Å². The standard InChI is InChI=1S/C26H21NO2S/c1-29-17-16-27-24-15-14-21(22-8-5-9-23(25(22)24)26(27)28)18-10-12-20(13-11-18)30-19-6-3-2-4-7-19/h2-15H,16-17H2,1H3. The fraction of sp³-hybridized carbons (Fsp3) is 0.115. The Morgan fingerprint density at radius 1 is 0.800 bits per heavy atom. The third kappa shape index (κ3) is 3.28. The van der Waals surface area contributed by atoms with Gasteiger partial charge in [-0.15, -0.1) is 0 Å². The Morgan fingerprint density at radius 3 is 2.33 bits per heavy atom. The third-order valence-corrected chi connectivity index (χ3v) is 6.46. The van der Waals surface area contributed by atoms with Crippen molar-refractivity contribution in [3.63, 3.8) is 0 Å². The number of carbonyl (C=O) groups excluding carboxylic acids is 1. The summed E-state index contributed by atoms with van der Waals surface area (Å²) in [6, 6.07) is 29.2. The zero-order valence-electron chi connectivity index (χ0n) is 16.7. The van der Waals surface area contributed by atoms with Gasteiger partial charge >= 0.3 is 0 Å². The highest BCUT2D eigenvalue weighted by atomic mass is 32.2. The monoisotopic (exact) mass is 411 g/mol. The summed E-state index contributed by atoms with van der Waals surface area (Å²) in [5, 5.41) is 2.15. The number of anilines is 1. The smallest absolute Gasteiger partial charge is 0.259 e. The van der Waals surface area contributed by atoms with E-state index in [-0.39, 0.29) is 5.91 Å². The highest BCUT2D eigenvalue weighted by Gasteiger charge is 2.30. The molecule has 5 rings (SSSR count). The number of hydrogen-bond donors (Lipinski definition) is 0. The van der Waals surface area contributed by atoms with E-state index >= 15 is 0 Å². The van der Waals surface area contributed by atoms with Gasteiger partial charge in [0.05, 0.1) is 12.3 Å². The van der Waals surface area contributed by atoms with Crippen molar-refractivity contribution in [2.24, 2.45) is 0 Å². The van der Waals surface area contributed by atoms with Gasteiger partial charge in [-0.3, -0.25) is 4.79 Å². The Morgan fingerprint density at radius 2 is 1.57 bits per heavy atom. The molecule has 0 N–H and O–H groups in total. The molecular weight excluding hydrogens is 390 g/mol. The minimum absolute atomic E-state index is 0.0550. The van der Waals surface area contributed by atoms with E-state index < -0.39 is 0 Å². The molecule has 0 aliphatic carbocycles. The summed E-state index contributed by atoms with van der Waals surface area (Å²) < 4.78 is 5.20. The first-order valence-electron chi connectivity index (χ1n) is 9.96. The first-order chi connectivity index (χ1) is 14.8. The molecule has 148 valence electrons. The lowest BCUT2D eigenvalue weighted by atomic mass is 9.96. The van der Waals surface area contributed by atoms with Crippen LogP contribution in [0, 0.1) is 0 Å². The summed E-state index contributed by atoms with van der Waals surface area (Å²) in [5.74, 6) is 0.0550. The van der Waals surface area contributed by atoms with Crippen molar-refractivity contribution in [3.8, 4) is 11.1 Å². The second-order valence-corrected chi connectivity index (χ2v) is 8.40. The fourth-order valence-electron chi connectivity index (χ4n) is 4.03. The van der Waals surface area contributed by atoms with Gasteiger partial charge < -0.3 is 9.64 Å². The molecule has 1 aliphatic rings. The molecule has 30 heavy (non-hydrogen) atoms. The van der Waals surface area contributed by atoms with Gasteiger partial charge in [-0.1, -0.05) is 60.3 Å². The third-order valence-electron chi connectivity index (χ3n) is 5.45. The van der Waals surface area contributed by atoms with Crippen molar-refractivity contribution in [1.29, 1.82) is 0 Å². The lowest BCUT2D eigenvalue weighted by molar-refractivity contribution is 0.0982. The van der Waals surface area contributed by atoms with Gasteiger partial charge in [0.25, 0.3) is 5.91 Å². The Hall–Kier alpha value is -3.08. The molecule has 0 fully saturated rings. The van der Waals surface area contributed by atoms with E-state index in [1.807, 2.05) is 23.1 Å². The zero-order valence-corrected chi connectivity index (χ0v) is 17.5. The van der Waals surface area contributed by atoms with Crippen LogP contribution in [0.2, 0.25) is 0 Å². The molecule has 0 unspecified atom stereocenters. The molecule has 0 atom stereocenters. The van der Waals surface area contributed by atoms with Crippen molar-refractivity contribution in [2.45, 2.75) is 9.79 Å². The van der Waals surface area contributed by atoms with Crippen LogP contribution < -0.4 is 4.90 Å². The Kier molecular flexibility index (Phi) is 5.03. The van der Waals surface area contributed by atoms with E-state index in [1.54, 1.807) is 18.9 Å². The molecule has 3 nitrogen and oxygen atoms in total. The van der Waals surface area contributed by atoms with Crippen LogP contribution in [-0.2, 0) is 4.74 Å². The average molecular weight is 412 g/mol. The maximum atomic E-state index is 12.9. The molecule has 0 saturated carbocycles. The second kappa shape index (κ2) is 7.98. The van der Waals surface area contributed by atoms with Crippen LogP contribution in [0.3, 0.4) is 0 Å². The first-order valence-corrected chi connectivity index (χ1v) is 10.8. The van der Waals surface area contributed by atoms with E-state index in [4.69, 9.17) is 4.74 Å². The van der Waals surface area contributed by atoms with E-state index in [2.05, 4.69) is 66.7 Å². The molecule has 0 saturated heterocycles. The van der Waals surface area contributed by atoms with Crippen LogP contribution in [-0.4, -0.2) is 26.2 Å². The van der Waals surface area contributed by atoms with Gasteiger partial charge in [-0.2, -0.15) is 0 Å². The van der Waals surface area contributed by atoms with E-state index in [0.717, 1.165) is 33.2 Å². The number of hydrogen-bond acceptors (Lipinski definition) is 3. The van der Waals surface area contributed by atoms with Crippen molar-refractivity contribution in [3.05, 3.63) is 90.5 Å². The number of ether oxygens (including phenoxy) is 1. The summed E-state index contributed by atoms with van der Waals surface area (Å²) in [7, 11) is 1.66. The van der Waals surface area contributed by atoms with Gasteiger partial charge in [0.15, 0.2) is 0 Å². The van der Waals surface area contributed by atoms with Crippen molar-refractivity contribution in [1.82, 2.24) is 0 Å². The summed E-state index contributed by atoms with van der Waals surface area (Å²) in [5.41, 5.74) is 4.05. The largest absolute Gasteiger partial charge is 0.383 e. The molecule has 0 radical (unpaired) electrons. The predicted molar refractivity (Wildman–Crippen MR) is 124 cm³/mol. The van der Waals surface area contributed by atoms with Crippen molar-refractivity contribution in [2.75, 3.05) is 25.2 Å². The number of benzene rings is 4. The molecular formula is C26H21NO2S. The van der Waals surface area contributed by atoms with Crippen LogP contribution in [0.25, 0.3) is 21.9 Å². The molecule has 4 heteroatoms. The van der Waals surface area contributed by atoms with Gasteiger partial charge in [0.2, 0.25) is 0 Å². The van der Waals surface area contributed by atoms with Crippen LogP contribution >= 0.6 is 11.8 Å². The summed E-state index contributed by atoms with van der Waals surface area (Å²) in [6.45, 7) is 1.08. The zero-order chi connectivity index (χ0) is 20.5. The molecule has 1 heterocycles. The minimum Gasteiger partial charge on any atom is -0.383 e. The lowest BCUT2D eigenvalue weighted by Gasteiger charge is -2.17. The predicted octanol–water partition coefficient (Wildman–Crippen LogP) is 6.26. The molecule has 0 bridgehead atoms. The van der Waals surface area contributed by atoms with Crippen LogP contribution in [0.1, 0.15) is 10.4 Å². The van der Waals surface area contributed by atoms with E-state index in [0.29, 0.717) is 13.2 Å². The van der Waals surface area contributed by atoms with Crippen LogP contribution in [0.5, 0.6) is 0 Å². The second-order valence-electron chi connectivity index (χ2n) is 7.25. The molecule has 0 aromatic heterocycles. The Bertz CT molecular complexity index is 1220. The SMILES string of the molecule is COCCN1C(=O)c2cccc3c(-c4ccc(Sc5ccccc5)cc4)ccc1c23. The van der Waals surface area contributed by atoms with Gasteiger partial charge in [0, 0.05) is 34.4 Å². The van der Waals surface area contributed by atoms with Crippen molar-refractivity contribution < 1.29 is 9.53 Å². The van der Waals surface area contributed by atoms with Gasteiger partial charge in [0.1, 0.15) is 0 Å². The molecule has 4 aromatic carbocycles. The topological polar surface area (TPSA) is 29.5 Å². The molecule has 4 aromatic rings. The number of methoxy groups -OCH3 is 1. The number of nitrogens with zero attached hydrogens (tertiary/aromatic N) is 1. The quantitative estimate of drug-likeness (QED) is 0.375. The summed E-state index contributed by atoms with van der Waals surface area (Å²) >= 11 is 1.75. The Labute approximate surface area is 180 Å². The first kappa shape index (κ1) is 18.9. The van der Waals surface area contributed by atoms with Gasteiger partial charge in [-0.25, -0.2) is 0 Å². The van der Waals surface area contributed by atoms with Crippen molar-refractivity contribution >= 4 is 34.1 Å². The maximum absolute atomic E-state index is 12.9. The van der Waals surface area contributed by atoms with E-state index in [9.17, 15) is 4.79 Å². The average Bonchev–Trinajstić information content (AvgIpc) is 3.07. The van der Waals surface area contributed by atoms with Gasteiger partial charge in [-0.05, 0) is 52.9 Å². The van der Waals surface area contributed by atoms with Crippen LogP contribution in [0.4, 0.5) is 5.69 Å². The number of rotatable bonds is 6. The van der Waals surface area contributed by atoms with Crippen LogP contribution in [0.15, 0.2) is 94.7 Å². The maximum Gasteiger partial charge on any atom is 0.259 e. The molecule has 0 spiro atoms. The number of carbonyl (C=O) groups is 1. The summed E-state index contributed by atoms with van der Waals surface area (Å²) in [4.78, 5) is 17.2. The Balaban J connectivity index is 1.52. The normalized spacial score (nSPS) is 12.7. The fourth-order valence-corrected chi connectivity index (χ4v) is 4.87. The summed E-state index contributed by atoms with van der Waals surface area (Å²) in [6.07, 6.45) is 0. The highest BCUT2D eigenvalue weighted by molar-refractivity contribution is 7.99. The molecule has 1 amide bonds. The lowest BCUT2D eigenvalue weighted by Crippen LogP contribution is -2.30. The minimum atomic E-state index is 0.0550. The molecule has 1 aliphatic heterocycles. The number of amides is 1. The highest BCUT2D eigenvalue weighted by Crippen LogP contribution is 2.42.